The van der Waals surface area contributed by atoms with E-state index in [0.29, 0.717) is 30.9 Å². The van der Waals surface area contributed by atoms with E-state index in [1.54, 1.807) is 0 Å². The smallest absolute Gasteiger partial charge is 0.224 e. The van der Waals surface area contributed by atoms with Gasteiger partial charge in [0.15, 0.2) is 0 Å². The Bertz CT molecular complexity index is 520. The molecule has 2 unspecified atom stereocenters. The maximum atomic E-state index is 12.8. The monoisotopic (exact) mass is 306 g/mol. The first-order chi connectivity index (χ1) is 10.3. The van der Waals surface area contributed by atoms with Gasteiger partial charge in [0, 0.05) is 30.4 Å². The van der Waals surface area contributed by atoms with Gasteiger partial charge in [0.2, 0.25) is 5.91 Å². The van der Waals surface area contributed by atoms with Crippen LogP contribution in [0.5, 0.6) is 0 Å². The number of carbonyl (C=O) groups is 1. The molecule has 1 aromatic heterocycles. The molecule has 0 bridgehead atoms. The van der Waals surface area contributed by atoms with Crippen molar-refractivity contribution < 1.29 is 9.53 Å². The van der Waals surface area contributed by atoms with E-state index >= 15 is 0 Å². The van der Waals surface area contributed by atoms with Crippen LogP contribution in [0.2, 0.25) is 0 Å². The van der Waals surface area contributed by atoms with E-state index in [-0.39, 0.29) is 6.04 Å². The number of hydrogen-bond acceptors (Lipinski definition) is 4. The highest BCUT2D eigenvalue weighted by Crippen LogP contribution is 2.48. The normalized spacial score (nSPS) is 29.2. The highest BCUT2D eigenvalue weighted by Gasteiger charge is 2.42. The number of hydrogen-bond donors (Lipinski definition) is 1. The van der Waals surface area contributed by atoms with Crippen molar-refractivity contribution in [2.24, 2.45) is 5.92 Å². The van der Waals surface area contributed by atoms with Crippen molar-refractivity contribution in [2.45, 2.75) is 37.8 Å². The zero-order valence-corrected chi connectivity index (χ0v) is 13.0. The molecule has 1 aromatic rings. The van der Waals surface area contributed by atoms with E-state index in [2.05, 4.69) is 21.7 Å². The summed E-state index contributed by atoms with van der Waals surface area (Å²) in [5, 5.41) is 5.58. The van der Waals surface area contributed by atoms with Crippen molar-refractivity contribution in [1.29, 1.82) is 0 Å². The van der Waals surface area contributed by atoms with Crippen LogP contribution in [0.1, 0.15) is 35.7 Å². The van der Waals surface area contributed by atoms with Crippen LogP contribution in [0.25, 0.3) is 0 Å². The molecular formula is C16H22N2O2S. The molecule has 2 atom stereocenters. The molecule has 1 saturated carbocycles. The zero-order valence-electron chi connectivity index (χ0n) is 12.2. The van der Waals surface area contributed by atoms with E-state index in [4.69, 9.17) is 4.74 Å². The SMILES string of the molecule is O=C(CC1COCCN1)N1CCc2sccc2C1C1CC1. The van der Waals surface area contributed by atoms with Crippen molar-refractivity contribution in [3.8, 4) is 0 Å². The van der Waals surface area contributed by atoms with Crippen LogP contribution in [0.3, 0.4) is 0 Å². The van der Waals surface area contributed by atoms with Crippen LogP contribution in [0, 0.1) is 5.92 Å². The van der Waals surface area contributed by atoms with Gasteiger partial charge in [-0.3, -0.25) is 4.79 Å². The first kappa shape index (κ1) is 13.7. The minimum Gasteiger partial charge on any atom is -0.378 e. The summed E-state index contributed by atoms with van der Waals surface area (Å²) in [5.41, 5.74) is 1.43. The third-order valence-corrected chi connectivity index (χ3v) is 5.82. The molecule has 3 heterocycles. The van der Waals surface area contributed by atoms with E-state index in [1.165, 1.54) is 23.3 Å². The predicted molar refractivity (Wildman–Crippen MR) is 82.4 cm³/mol. The summed E-state index contributed by atoms with van der Waals surface area (Å²) in [6.07, 6.45) is 4.14. The van der Waals surface area contributed by atoms with Crippen LogP contribution in [0.4, 0.5) is 0 Å². The second kappa shape index (κ2) is 5.71. The molecule has 1 amide bonds. The molecule has 4 nitrogen and oxygen atoms in total. The first-order valence-electron chi connectivity index (χ1n) is 8.00. The Morgan fingerprint density at radius 2 is 2.38 bits per heavy atom. The Labute approximate surface area is 129 Å². The lowest BCUT2D eigenvalue weighted by atomic mass is 9.95. The molecule has 0 aromatic carbocycles. The molecule has 2 fully saturated rings. The maximum Gasteiger partial charge on any atom is 0.224 e. The molecule has 114 valence electrons. The van der Waals surface area contributed by atoms with Gasteiger partial charge in [0.05, 0.1) is 19.3 Å². The van der Waals surface area contributed by atoms with Crippen LogP contribution in [-0.2, 0) is 16.0 Å². The molecule has 3 aliphatic rings. The third kappa shape index (κ3) is 2.74. The van der Waals surface area contributed by atoms with Gasteiger partial charge >= 0.3 is 0 Å². The van der Waals surface area contributed by atoms with Gasteiger partial charge in [0.25, 0.3) is 0 Å². The fourth-order valence-corrected chi connectivity index (χ4v) is 4.54. The van der Waals surface area contributed by atoms with Crippen molar-refractivity contribution in [2.75, 3.05) is 26.3 Å². The second-order valence-electron chi connectivity index (χ2n) is 6.35. The maximum absolute atomic E-state index is 12.8. The Balaban J connectivity index is 1.49. The van der Waals surface area contributed by atoms with Gasteiger partial charge < -0.3 is 15.0 Å². The highest BCUT2D eigenvalue weighted by atomic mass is 32.1. The van der Waals surface area contributed by atoms with E-state index < -0.39 is 0 Å². The van der Waals surface area contributed by atoms with Gasteiger partial charge in [-0.25, -0.2) is 0 Å². The molecule has 21 heavy (non-hydrogen) atoms. The van der Waals surface area contributed by atoms with E-state index in [9.17, 15) is 4.79 Å². The van der Waals surface area contributed by atoms with Crippen LogP contribution >= 0.6 is 11.3 Å². The minimum atomic E-state index is 0.190. The number of carbonyl (C=O) groups excluding carboxylic acids is 1. The summed E-state index contributed by atoms with van der Waals surface area (Å²) in [4.78, 5) is 16.4. The van der Waals surface area contributed by atoms with Gasteiger partial charge in [-0.15, -0.1) is 11.3 Å². The highest BCUT2D eigenvalue weighted by molar-refractivity contribution is 7.10. The number of fused-ring (bicyclic) bond motifs is 1. The lowest BCUT2D eigenvalue weighted by molar-refractivity contribution is -0.135. The number of nitrogens with zero attached hydrogens (tertiary/aromatic N) is 1. The number of thiophene rings is 1. The van der Waals surface area contributed by atoms with Crippen molar-refractivity contribution in [3.63, 3.8) is 0 Å². The standard InChI is InChI=1S/C16H22N2O2S/c19-15(9-12-10-20-7-5-17-12)18-6-3-14-13(4-8-21-14)16(18)11-1-2-11/h4,8,11-12,16-17H,1-3,5-7,9-10H2. The summed E-state index contributed by atoms with van der Waals surface area (Å²) in [5.74, 6) is 0.991. The summed E-state index contributed by atoms with van der Waals surface area (Å²) in [6, 6.07) is 2.77. The molecule has 2 aliphatic heterocycles. The summed E-state index contributed by atoms with van der Waals surface area (Å²) in [7, 11) is 0. The Hall–Kier alpha value is -0.910. The molecule has 0 spiro atoms. The topological polar surface area (TPSA) is 41.6 Å². The Morgan fingerprint density at radius 1 is 1.48 bits per heavy atom. The molecular weight excluding hydrogens is 284 g/mol. The molecule has 1 N–H and O–H groups in total. The van der Waals surface area contributed by atoms with Gasteiger partial charge in [-0.05, 0) is 42.2 Å². The molecule has 5 heteroatoms. The van der Waals surface area contributed by atoms with Crippen LogP contribution < -0.4 is 5.32 Å². The summed E-state index contributed by atoms with van der Waals surface area (Å²) >= 11 is 1.85. The third-order valence-electron chi connectivity index (χ3n) is 4.82. The van der Waals surface area contributed by atoms with Gasteiger partial charge in [-0.1, -0.05) is 0 Å². The molecule has 0 radical (unpaired) electrons. The lowest BCUT2D eigenvalue weighted by Gasteiger charge is -2.37. The number of amides is 1. The molecule has 1 aliphatic carbocycles. The van der Waals surface area contributed by atoms with E-state index in [0.717, 1.165) is 26.1 Å². The second-order valence-corrected chi connectivity index (χ2v) is 7.35. The van der Waals surface area contributed by atoms with Crippen LogP contribution in [-0.4, -0.2) is 43.2 Å². The van der Waals surface area contributed by atoms with Crippen LogP contribution in [0.15, 0.2) is 11.4 Å². The quantitative estimate of drug-likeness (QED) is 0.928. The van der Waals surface area contributed by atoms with Crippen molar-refractivity contribution >= 4 is 17.2 Å². The molecule has 4 rings (SSSR count). The fraction of sp³-hybridized carbons (Fsp3) is 0.688. The zero-order chi connectivity index (χ0) is 14.2. The lowest BCUT2D eigenvalue weighted by Crippen LogP contribution is -2.47. The van der Waals surface area contributed by atoms with Gasteiger partial charge in [0.1, 0.15) is 0 Å². The largest absolute Gasteiger partial charge is 0.378 e. The Morgan fingerprint density at radius 3 is 3.14 bits per heavy atom. The van der Waals surface area contributed by atoms with E-state index in [1.807, 2.05) is 11.3 Å². The average Bonchev–Trinajstić information content (AvgIpc) is 3.23. The minimum absolute atomic E-state index is 0.190. The number of rotatable bonds is 3. The average molecular weight is 306 g/mol. The summed E-state index contributed by atoms with van der Waals surface area (Å²) in [6.45, 7) is 3.18. The number of ether oxygens (including phenoxy) is 1. The van der Waals surface area contributed by atoms with Crippen molar-refractivity contribution in [3.05, 3.63) is 21.9 Å². The number of morpholine rings is 1. The Kier molecular flexibility index (Phi) is 3.73. The van der Waals surface area contributed by atoms with Gasteiger partial charge in [-0.2, -0.15) is 0 Å². The first-order valence-corrected chi connectivity index (χ1v) is 8.88. The predicted octanol–water partition coefficient (Wildman–Crippen LogP) is 1.96. The van der Waals surface area contributed by atoms with Crippen molar-refractivity contribution in [1.82, 2.24) is 10.2 Å². The fourth-order valence-electron chi connectivity index (χ4n) is 3.63. The molecule has 1 saturated heterocycles. The number of nitrogens with one attached hydrogen (secondary N) is 1. The summed E-state index contributed by atoms with van der Waals surface area (Å²) < 4.78 is 5.47.